The maximum Gasteiger partial charge on any atom is 0.421 e. The Kier molecular flexibility index (Phi) is 5.25. The minimum absolute atomic E-state index is 0.142. The van der Waals surface area contributed by atoms with Crippen molar-refractivity contribution in [1.82, 2.24) is 4.90 Å². The number of aliphatic hydroxyl groups is 1. The highest BCUT2D eigenvalue weighted by atomic mass is 19.4. The fourth-order valence-electron chi connectivity index (χ4n) is 3.17. The minimum atomic E-state index is -4.70. The van der Waals surface area contributed by atoms with Crippen LogP contribution in [0, 0.1) is 0 Å². The third-order valence-electron chi connectivity index (χ3n) is 4.97. The molecule has 1 atom stereocenters. The molecule has 0 bridgehead atoms. The van der Waals surface area contributed by atoms with Gasteiger partial charge in [-0.2, -0.15) is 13.2 Å². The van der Waals surface area contributed by atoms with E-state index in [0.717, 1.165) is 45.3 Å². The molecule has 0 radical (unpaired) electrons. The molecule has 1 aliphatic rings. The molecule has 1 aliphatic heterocycles. The number of piperazine rings is 1. The second-order valence-corrected chi connectivity index (χ2v) is 6.87. The molecule has 1 unspecified atom stereocenters. The largest absolute Gasteiger partial charge is 0.421 e. The normalized spacial score (nSPS) is 18.6. The Hall–Kier alpha value is -2.05. The van der Waals surface area contributed by atoms with Gasteiger partial charge in [0.25, 0.3) is 0 Å². The third-order valence-corrected chi connectivity index (χ3v) is 4.97. The molecule has 0 aliphatic carbocycles. The van der Waals surface area contributed by atoms with Gasteiger partial charge in [0.2, 0.25) is 0 Å². The van der Waals surface area contributed by atoms with Crippen molar-refractivity contribution in [3.05, 3.63) is 65.7 Å². The average molecular weight is 364 g/mol. The predicted octanol–water partition coefficient (Wildman–Crippen LogP) is 3.78. The van der Waals surface area contributed by atoms with Gasteiger partial charge < -0.3 is 10.0 Å². The van der Waals surface area contributed by atoms with Crippen LogP contribution in [0.5, 0.6) is 0 Å². The number of anilines is 1. The summed E-state index contributed by atoms with van der Waals surface area (Å²) in [6.07, 6.45) is -4.70. The monoisotopic (exact) mass is 364 g/mol. The van der Waals surface area contributed by atoms with E-state index in [1.165, 1.54) is 17.7 Å². The number of alkyl halides is 3. The summed E-state index contributed by atoms with van der Waals surface area (Å²) in [7, 11) is 0. The molecule has 0 saturated carbocycles. The van der Waals surface area contributed by atoms with Crippen LogP contribution in [0.25, 0.3) is 0 Å². The van der Waals surface area contributed by atoms with E-state index in [0.29, 0.717) is 0 Å². The molecule has 6 heteroatoms. The van der Waals surface area contributed by atoms with E-state index >= 15 is 0 Å². The number of nitrogens with zero attached hydrogens (tertiary/aromatic N) is 2. The zero-order valence-electron chi connectivity index (χ0n) is 14.7. The molecule has 0 spiro atoms. The number of rotatable bonds is 4. The maximum atomic E-state index is 12.9. The quantitative estimate of drug-likeness (QED) is 0.895. The summed E-state index contributed by atoms with van der Waals surface area (Å²) in [5.41, 5.74) is -0.817. The van der Waals surface area contributed by atoms with Crippen molar-refractivity contribution >= 4 is 5.69 Å². The van der Waals surface area contributed by atoms with Crippen molar-refractivity contribution in [2.75, 3.05) is 31.1 Å². The predicted molar refractivity (Wildman–Crippen MR) is 96.0 cm³/mol. The summed E-state index contributed by atoms with van der Waals surface area (Å²) in [6, 6.07) is 16.3. The van der Waals surface area contributed by atoms with Crippen LogP contribution in [0.1, 0.15) is 18.1 Å². The van der Waals surface area contributed by atoms with Crippen molar-refractivity contribution in [2.45, 2.75) is 25.2 Å². The fraction of sp³-hybridized carbons (Fsp3) is 0.400. The Labute approximate surface area is 151 Å². The highest BCUT2D eigenvalue weighted by Gasteiger charge is 2.51. The molecular weight excluding hydrogens is 341 g/mol. The summed E-state index contributed by atoms with van der Waals surface area (Å²) in [4.78, 5) is 4.53. The van der Waals surface area contributed by atoms with Crippen LogP contribution in [0.3, 0.4) is 0 Å². The van der Waals surface area contributed by atoms with Crippen LogP contribution in [-0.2, 0) is 12.1 Å². The molecule has 1 fully saturated rings. The minimum Gasteiger partial charge on any atom is -0.376 e. The first kappa shape index (κ1) is 18.7. The summed E-state index contributed by atoms with van der Waals surface area (Å²) in [5, 5.41) is 9.75. The molecule has 2 aromatic rings. The summed E-state index contributed by atoms with van der Waals surface area (Å²) in [6.45, 7) is 5.13. The lowest BCUT2D eigenvalue weighted by atomic mass is 9.95. The molecule has 0 amide bonds. The van der Waals surface area contributed by atoms with Crippen molar-refractivity contribution in [3.63, 3.8) is 0 Å². The average Bonchev–Trinajstić information content (AvgIpc) is 2.62. The van der Waals surface area contributed by atoms with E-state index in [9.17, 15) is 18.3 Å². The summed E-state index contributed by atoms with van der Waals surface area (Å²) < 4.78 is 38.8. The van der Waals surface area contributed by atoms with Gasteiger partial charge in [-0.25, -0.2) is 0 Å². The Balaban J connectivity index is 1.60. The highest BCUT2D eigenvalue weighted by molar-refractivity contribution is 5.49. The van der Waals surface area contributed by atoms with Gasteiger partial charge in [-0.05, 0) is 30.2 Å². The van der Waals surface area contributed by atoms with Gasteiger partial charge in [0.1, 0.15) is 0 Å². The highest BCUT2D eigenvalue weighted by Crippen LogP contribution is 2.38. The molecule has 3 nitrogen and oxygen atoms in total. The van der Waals surface area contributed by atoms with Crippen molar-refractivity contribution < 1.29 is 18.3 Å². The second kappa shape index (κ2) is 7.29. The van der Waals surface area contributed by atoms with E-state index in [4.69, 9.17) is 0 Å². The van der Waals surface area contributed by atoms with Crippen LogP contribution < -0.4 is 4.90 Å². The Morgan fingerprint density at radius 2 is 1.46 bits per heavy atom. The van der Waals surface area contributed by atoms with Crippen LogP contribution in [0.15, 0.2) is 54.6 Å². The zero-order chi connectivity index (χ0) is 18.8. The van der Waals surface area contributed by atoms with Crippen molar-refractivity contribution in [2.24, 2.45) is 0 Å². The van der Waals surface area contributed by atoms with Gasteiger partial charge in [-0.3, -0.25) is 4.90 Å². The lowest BCUT2D eigenvalue weighted by molar-refractivity contribution is -0.258. The van der Waals surface area contributed by atoms with Crippen molar-refractivity contribution in [3.8, 4) is 0 Å². The SMILES string of the molecule is CC(O)(c1ccc(N2CCN(Cc3ccccc3)CC2)cc1)C(F)(F)F. The lowest BCUT2D eigenvalue weighted by Crippen LogP contribution is -2.46. The first-order valence-corrected chi connectivity index (χ1v) is 8.68. The van der Waals surface area contributed by atoms with Gasteiger partial charge in [0.15, 0.2) is 5.60 Å². The summed E-state index contributed by atoms with van der Waals surface area (Å²) >= 11 is 0. The molecule has 3 rings (SSSR count). The topological polar surface area (TPSA) is 26.7 Å². The molecule has 1 N–H and O–H groups in total. The first-order valence-electron chi connectivity index (χ1n) is 8.68. The van der Waals surface area contributed by atoms with Gasteiger partial charge in [0, 0.05) is 38.4 Å². The molecule has 140 valence electrons. The number of benzene rings is 2. The standard InChI is InChI=1S/C20H23F3N2O/c1-19(26,20(21,22)23)17-7-9-18(10-8-17)25-13-11-24(12-14-25)15-16-5-3-2-4-6-16/h2-10,26H,11-15H2,1H3. The molecule has 1 saturated heterocycles. The van der Waals surface area contributed by atoms with E-state index in [2.05, 4.69) is 21.9 Å². The van der Waals surface area contributed by atoms with E-state index < -0.39 is 11.8 Å². The smallest absolute Gasteiger partial charge is 0.376 e. The lowest BCUT2D eigenvalue weighted by Gasteiger charge is -2.36. The van der Waals surface area contributed by atoms with Crippen LogP contribution in [0.4, 0.5) is 18.9 Å². The first-order chi connectivity index (χ1) is 12.3. The third kappa shape index (κ3) is 4.02. The van der Waals surface area contributed by atoms with E-state index in [1.807, 2.05) is 18.2 Å². The van der Waals surface area contributed by atoms with Crippen LogP contribution in [0.2, 0.25) is 0 Å². The molecular formula is C20H23F3N2O. The number of halogens is 3. The van der Waals surface area contributed by atoms with E-state index in [-0.39, 0.29) is 5.56 Å². The molecule has 1 heterocycles. The van der Waals surface area contributed by atoms with Crippen LogP contribution >= 0.6 is 0 Å². The number of hydrogen-bond donors (Lipinski definition) is 1. The zero-order valence-corrected chi connectivity index (χ0v) is 14.7. The van der Waals surface area contributed by atoms with E-state index in [1.54, 1.807) is 12.1 Å². The Morgan fingerprint density at radius 3 is 2.00 bits per heavy atom. The molecule has 2 aromatic carbocycles. The molecule has 26 heavy (non-hydrogen) atoms. The Bertz CT molecular complexity index is 706. The van der Waals surface area contributed by atoms with Gasteiger partial charge >= 0.3 is 6.18 Å². The van der Waals surface area contributed by atoms with Crippen molar-refractivity contribution in [1.29, 1.82) is 0 Å². The van der Waals surface area contributed by atoms with Crippen LogP contribution in [-0.4, -0.2) is 42.4 Å². The van der Waals surface area contributed by atoms with Gasteiger partial charge in [-0.1, -0.05) is 42.5 Å². The summed E-state index contributed by atoms with van der Waals surface area (Å²) in [5.74, 6) is 0. The maximum absolute atomic E-state index is 12.9. The number of hydrogen-bond acceptors (Lipinski definition) is 3. The Morgan fingerprint density at radius 1 is 0.885 bits per heavy atom. The van der Waals surface area contributed by atoms with Gasteiger partial charge in [0.05, 0.1) is 0 Å². The second-order valence-electron chi connectivity index (χ2n) is 6.87. The van der Waals surface area contributed by atoms with Gasteiger partial charge in [-0.15, -0.1) is 0 Å². The fourth-order valence-corrected chi connectivity index (χ4v) is 3.17. The molecule has 0 aromatic heterocycles.